The number of aliphatic hydroxyl groups is 1. The van der Waals surface area contributed by atoms with Crippen LogP contribution in [-0.4, -0.2) is 20.3 Å². The monoisotopic (exact) mass is 156 g/mol. The molecule has 1 aromatic rings. The van der Waals surface area contributed by atoms with Crippen molar-refractivity contribution in [3.63, 3.8) is 0 Å². The topological polar surface area (TPSA) is 47.2 Å². The van der Waals surface area contributed by atoms with Gasteiger partial charge in [-0.15, -0.1) is 0 Å². The number of rotatable bonds is 2. The molecule has 0 unspecified atom stereocenters. The third kappa shape index (κ3) is 1.71. The van der Waals surface area contributed by atoms with Crippen molar-refractivity contribution in [2.45, 2.75) is 19.6 Å². The highest BCUT2D eigenvalue weighted by atomic mass is 16.3. The highest BCUT2D eigenvalue weighted by molar-refractivity contribution is 4.80. The van der Waals surface area contributed by atoms with E-state index in [9.17, 15) is 4.79 Å². The number of aryl methyl sites for hydroxylation is 1. The Morgan fingerprint density at radius 3 is 2.64 bits per heavy atom. The number of aliphatic hydroxyl groups excluding tert-OH is 1. The molecule has 0 spiro atoms. The van der Waals surface area contributed by atoms with Gasteiger partial charge in [-0.05, 0) is 6.92 Å². The number of imidazole rings is 1. The van der Waals surface area contributed by atoms with Crippen LogP contribution in [0.4, 0.5) is 0 Å². The molecule has 0 bridgehead atoms. The van der Waals surface area contributed by atoms with E-state index >= 15 is 0 Å². The van der Waals surface area contributed by atoms with Gasteiger partial charge in [-0.1, -0.05) is 0 Å². The van der Waals surface area contributed by atoms with Crippen LogP contribution in [0.25, 0.3) is 0 Å². The molecule has 0 aliphatic carbocycles. The summed E-state index contributed by atoms with van der Waals surface area (Å²) in [6.45, 7) is 2.01. The van der Waals surface area contributed by atoms with Crippen molar-refractivity contribution in [2.24, 2.45) is 7.05 Å². The van der Waals surface area contributed by atoms with Gasteiger partial charge < -0.3 is 9.67 Å². The average Bonchev–Trinajstić information content (AvgIpc) is 2.18. The summed E-state index contributed by atoms with van der Waals surface area (Å²) < 4.78 is 2.95. The summed E-state index contributed by atoms with van der Waals surface area (Å²) in [6, 6.07) is 0. The summed E-state index contributed by atoms with van der Waals surface area (Å²) in [5.74, 6) is 0. The summed E-state index contributed by atoms with van der Waals surface area (Å²) >= 11 is 0. The van der Waals surface area contributed by atoms with Crippen LogP contribution in [0, 0.1) is 0 Å². The van der Waals surface area contributed by atoms with Gasteiger partial charge in [-0.25, -0.2) is 4.79 Å². The summed E-state index contributed by atoms with van der Waals surface area (Å²) in [7, 11) is 1.68. The van der Waals surface area contributed by atoms with Gasteiger partial charge >= 0.3 is 5.69 Å². The molecule has 0 radical (unpaired) electrons. The number of nitrogens with zero attached hydrogens (tertiary/aromatic N) is 2. The maximum absolute atomic E-state index is 11.1. The second-order valence-corrected chi connectivity index (χ2v) is 2.69. The summed E-state index contributed by atoms with van der Waals surface area (Å²) in [5, 5.41) is 8.97. The number of aromatic nitrogens is 2. The molecule has 0 fully saturated rings. The molecule has 0 aliphatic rings. The van der Waals surface area contributed by atoms with Gasteiger partial charge in [0.05, 0.1) is 12.6 Å². The third-order valence-electron chi connectivity index (χ3n) is 1.48. The van der Waals surface area contributed by atoms with E-state index in [0.29, 0.717) is 6.54 Å². The fourth-order valence-corrected chi connectivity index (χ4v) is 0.934. The van der Waals surface area contributed by atoms with Gasteiger partial charge in [-0.2, -0.15) is 0 Å². The maximum Gasteiger partial charge on any atom is 0.327 e. The van der Waals surface area contributed by atoms with Gasteiger partial charge in [0.15, 0.2) is 0 Å². The van der Waals surface area contributed by atoms with Crippen LogP contribution in [0.2, 0.25) is 0 Å². The van der Waals surface area contributed by atoms with E-state index in [1.807, 2.05) is 0 Å². The van der Waals surface area contributed by atoms with Crippen LogP contribution < -0.4 is 5.69 Å². The molecule has 0 aromatic carbocycles. The SMILES string of the molecule is C[C@@H](O)Cn1ccn(C)c1=O. The van der Waals surface area contributed by atoms with E-state index in [4.69, 9.17) is 5.11 Å². The Morgan fingerprint density at radius 2 is 2.27 bits per heavy atom. The Hall–Kier alpha value is -1.03. The van der Waals surface area contributed by atoms with E-state index in [1.165, 1.54) is 9.13 Å². The highest BCUT2D eigenvalue weighted by Gasteiger charge is 2.01. The summed E-state index contributed by atoms with van der Waals surface area (Å²) in [6.07, 6.45) is 2.86. The van der Waals surface area contributed by atoms with Gasteiger partial charge in [0, 0.05) is 19.4 Å². The van der Waals surface area contributed by atoms with E-state index < -0.39 is 6.10 Å². The van der Waals surface area contributed by atoms with Crippen LogP contribution in [0.3, 0.4) is 0 Å². The van der Waals surface area contributed by atoms with Crippen molar-refractivity contribution in [2.75, 3.05) is 0 Å². The van der Waals surface area contributed by atoms with E-state index in [1.54, 1.807) is 26.4 Å². The Bertz CT molecular complexity index is 285. The molecular weight excluding hydrogens is 144 g/mol. The fourth-order valence-electron chi connectivity index (χ4n) is 0.934. The number of hydrogen-bond acceptors (Lipinski definition) is 2. The van der Waals surface area contributed by atoms with Crippen LogP contribution in [-0.2, 0) is 13.6 Å². The molecule has 1 atom stereocenters. The van der Waals surface area contributed by atoms with E-state index in [2.05, 4.69) is 0 Å². The Kier molecular flexibility index (Phi) is 2.14. The predicted molar refractivity (Wildman–Crippen MR) is 41.4 cm³/mol. The molecule has 1 heterocycles. The van der Waals surface area contributed by atoms with Crippen molar-refractivity contribution in [1.82, 2.24) is 9.13 Å². The van der Waals surface area contributed by atoms with Gasteiger partial charge in [-0.3, -0.25) is 4.57 Å². The second-order valence-electron chi connectivity index (χ2n) is 2.69. The summed E-state index contributed by atoms with van der Waals surface area (Å²) in [5.41, 5.74) is -0.0918. The van der Waals surface area contributed by atoms with Gasteiger partial charge in [0.25, 0.3) is 0 Å². The van der Waals surface area contributed by atoms with Crippen molar-refractivity contribution in [1.29, 1.82) is 0 Å². The quantitative estimate of drug-likeness (QED) is 0.631. The molecule has 1 aromatic heterocycles. The highest BCUT2D eigenvalue weighted by Crippen LogP contribution is 1.86. The molecule has 4 nitrogen and oxygen atoms in total. The molecule has 1 rings (SSSR count). The minimum atomic E-state index is -0.477. The molecule has 1 N–H and O–H groups in total. The first-order valence-electron chi connectivity index (χ1n) is 3.51. The van der Waals surface area contributed by atoms with Gasteiger partial charge in [0.1, 0.15) is 0 Å². The summed E-state index contributed by atoms with van der Waals surface area (Å²) in [4.78, 5) is 11.1. The van der Waals surface area contributed by atoms with Crippen molar-refractivity contribution < 1.29 is 5.11 Å². The Labute approximate surface area is 64.7 Å². The first kappa shape index (κ1) is 8.07. The fraction of sp³-hybridized carbons (Fsp3) is 0.571. The van der Waals surface area contributed by atoms with Crippen molar-refractivity contribution in [3.8, 4) is 0 Å². The van der Waals surface area contributed by atoms with Crippen LogP contribution >= 0.6 is 0 Å². The lowest BCUT2D eigenvalue weighted by Gasteiger charge is -2.02. The Balaban J connectivity index is 2.88. The zero-order chi connectivity index (χ0) is 8.43. The minimum absolute atomic E-state index is 0.0918. The zero-order valence-electron chi connectivity index (χ0n) is 6.69. The molecule has 4 heteroatoms. The van der Waals surface area contributed by atoms with Gasteiger partial charge in [0.2, 0.25) is 0 Å². The Morgan fingerprint density at radius 1 is 1.64 bits per heavy atom. The van der Waals surface area contributed by atoms with E-state index in [-0.39, 0.29) is 5.69 Å². The number of hydrogen-bond donors (Lipinski definition) is 1. The molecule has 62 valence electrons. The molecule has 0 aliphatic heterocycles. The average molecular weight is 156 g/mol. The van der Waals surface area contributed by atoms with Crippen molar-refractivity contribution >= 4 is 0 Å². The standard InChI is InChI=1S/C7H12N2O2/c1-6(10)5-9-4-3-8(2)7(9)11/h3-4,6,10H,5H2,1-2H3/t6-/m1/s1. The first-order valence-corrected chi connectivity index (χ1v) is 3.51. The largest absolute Gasteiger partial charge is 0.392 e. The smallest absolute Gasteiger partial charge is 0.327 e. The molecule has 11 heavy (non-hydrogen) atoms. The normalized spacial score (nSPS) is 13.4. The second kappa shape index (κ2) is 2.92. The maximum atomic E-state index is 11.1. The van der Waals surface area contributed by atoms with Crippen LogP contribution in [0.5, 0.6) is 0 Å². The van der Waals surface area contributed by atoms with E-state index in [0.717, 1.165) is 0 Å². The molecule has 0 amide bonds. The lowest BCUT2D eigenvalue weighted by atomic mass is 10.4. The predicted octanol–water partition coefficient (Wildman–Crippen LogP) is -0.432. The lowest BCUT2D eigenvalue weighted by Crippen LogP contribution is -2.25. The minimum Gasteiger partial charge on any atom is -0.392 e. The zero-order valence-corrected chi connectivity index (χ0v) is 6.69. The molecule has 0 saturated carbocycles. The lowest BCUT2D eigenvalue weighted by molar-refractivity contribution is 0.172. The molecular formula is C7H12N2O2. The first-order chi connectivity index (χ1) is 5.11. The van der Waals surface area contributed by atoms with Crippen LogP contribution in [0.1, 0.15) is 6.92 Å². The third-order valence-corrected chi connectivity index (χ3v) is 1.48. The van der Waals surface area contributed by atoms with Crippen LogP contribution in [0.15, 0.2) is 17.2 Å². The van der Waals surface area contributed by atoms with Crippen molar-refractivity contribution in [3.05, 3.63) is 22.9 Å². The molecule has 0 saturated heterocycles.